The molecular weight excluding hydrogens is 284 g/mol. The molecule has 0 radical (unpaired) electrons. The Morgan fingerprint density at radius 2 is 1.57 bits per heavy atom. The van der Waals surface area contributed by atoms with E-state index in [0.717, 1.165) is 12.8 Å². The van der Waals surface area contributed by atoms with Gasteiger partial charge in [-0.15, -0.1) is 0 Å². The molecule has 0 aromatic carbocycles. The van der Waals surface area contributed by atoms with Crippen molar-refractivity contribution in [1.29, 1.82) is 0 Å². The highest BCUT2D eigenvalue weighted by Crippen LogP contribution is 2.43. The van der Waals surface area contributed by atoms with Gasteiger partial charge in [-0.05, 0) is 37.0 Å². The fourth-order valence-corrected chi connectivity index (χ4v) is 4.57. The standard InChI is InChI=1S/C16H34N2O2S/c1-5-7-11-16(3,12-8-6-2)15-9-13-18(14-10-15)21(19,20)17-4/h15,17H,5-14H2,1-4H3. The van der Waals surface area contributed by atoms with Crippen LogP contribution in [0.2, 0.25) is 0 Å². The number of nitrogens with one attached hydrogen (secondary N) is 1. The van der Waals surface area contributed by atoms with Gasteiger partial charge in [-0.3, -0.25) is 0 Å². The summed E-state index contributed by atoms with van der Waals surface area (Å²) in [5.41, 5.74) is 0.390. The van der Waals surface area contributed by atoms with Crippen molar-refractivity contribution in [3.05, 3.63) is 0 Å². The average Bonchev–Trinajstić information content (AvgIpc) is 2.51. The molecule has 126 valence electrons. The van der Waals surface area contributed by atoms with Gasteiger partial charge in [-0.25, -0.2) is 4.72 Å². The van der Waals surface area contributed by atoms with Crippen LogP contribution in [0.3, 0.4) is 0 Å². The monoisotopic (exact) mass is 318 g/mol. The van der Waals surface area contributed by atoms with Crippen molar-refractivity contribution in [3.8, 4) is 0 Å². The van der Waals surface area contributed by atoms with E-state index in [-0.39, 0.29) is 0 Å². The lowest BCUT2D eigenvalue weighted by Gasteiger charge is -2.43. The molecule has 0 aromatic rings. The lowest BCUT2D eigenvalue weighted by atomic mass is 9.67. The van der Waals surface area contributed by atoms with Crippen LogP contribution in [-0.4, -0.2) is 32.9 Å². The Hall–Kier alpha value is -0.130. The number of unbranched alkanes of at least 4 members (excludes halogenated alkanes) is 2. The van der Waals surface area contributed by atoms with Crippen LogP contribution >= 0.6 is 0 Å². The van der Waals surface area contributed by atoms with Crippen LogP contribution in [0.25, 0.3) is 0 Å². The van der Waals surface area contributed by atoms with Crippen LogP contribution in [0.5, 0.6) is 0 Å². The summed E-state index contributed by atoms with van der Waals surface area (Å²) in [6, 6.07) is 0. The van der Waals surface area contributed by atoms with Crippen LogP contribution in [0.4, 0.5) is 0 Å². The Labute approximate surface area is 131 Å². The SMILES string of the molecule is CCCCC(C)(CCCC)C1CCN(S(=O)(=O)NC)CC1. The summed E-state index contributed by atoms with van der Waals surface area (Å²) in [5, 5.41) is 0. The van der Waals surface area contributed by atoms with Gasteiger partial charge in [-0.1, -0.05) is 46.5 Å². The topological polar surface area (TPSA) is 49.4 Å². The van der Waals surface area contributed by atoms with Gasteiger partial charge in [0.1, 0.15) is 0 Å². The molecule has 0 amide bonds. The van der Waals surface area contributed by atoms with E-state index in [0.29, 0.717) is 24.4 Å². The molecule has 0 bridgehead atoms. The van der Waals surface area contributed by atoms with Gasteiger partial charge in [0, 0.05) is 20.1 Å². The fourth-order valence-electron chi connectivity index (χ4n) is 3.62. The Balaban J connectivity index is 2.66. The van der Waals surface area contributed by atoms with E-state index in [2.05, 4.69) is 25.5 Å². The first-order chi connectivity index (χ1) is 9.89. The highest BCUT2D eigenvalue weighted by Gasteiger charge is 2.37. The highest BCUT2D eigenvalue weighted by molar-refractivity contribution is 7.87. The average molecular weight is 319 g/mol. The van der Waals surface area contributed by atoms with Gasteiger partial charge in [-0.2, -0.15) is 12.7 Å². The predicted molar refractivity (Wildman–Crippen MR) is 89.4 cm³/mol. The summed E-state index contributed by atoms with van der Waals surface area (Å²) in [7, 11) is -1.75. The van der Waals surface area contributed by atoms with Crippen LogP contribution in [0.1, 0.15) is 72.1 Å². The maximum atomic E-state index is 11.9. The van der Waals surface area contributed by atoms with Crippen molar-refractivity contribution in [2.75, 3.05) is 20.1 Å². The van der Waals surface area contributed by atoms with E-state index in [1.165, 1.54) is 45.6 Å². The molecule has 0 saturated carbocycles. The Bertz CT molecular complexity index is 379. The van der Waals surface area contributed by atoms with Gasteiger partial charge >= 0.3 is 0 Å². The lowest BCUT2D eigenvalue weighted by molar-refractivity contribution is 0.0932. The summed E-state index contributed by atoms with van der Waals surface area (Å²) in [5.74, 6) is 0.666. The lowest BCUT2D eigenvalue weighted by Crippen LogP contribution is -2.46. The second-order valence-corrected chi connectivity index (χ2v) is 8.62. The maximum absolute atomic E-state index is 11.9. The van der Waals surface area contributed by atoms with E-state index >= 15 is 0 Å². The summed E-state index contributed by atoms with van der Waals surface area (Å²) in [4.78, 5) is 0. The molecule has 1 rings (SSSR count). The highest BCUT2D eigenvalue weighted by atomic mass is 32.2. The molecule has 1 aliphatic heterocycles. The summed E-state index contributed by atoms with van der Waals surface area (Å²) < 4.78 is 27.8. The van der Waals surface area contributed by atoms with Crippen LogP contribution in [-0.2, 0) is 10.2 Å². The minimum Gasteiger partial charge on any atom is -0.205 e. The van der Waals surface area contributed by atoms with Crippen molar-refractivity contribution in [2.45, 2.75) is 72.1 Å². The molecule has 1 saturated heterocycles. The summed E-state index contributed by atoms with van der Waals surface area (Å²) in [6.45, 7) is 8.28. The van der Waals surface area contributed by atoms with E-state index in [1.807, 2.05) is 0 Å². The normalized spacial score (nSPS) is 19.0. The van der Waals surface area contributed by atoms with E-state index in [1.54, 1.807) is 4.31 Å². The Morgan fingerprint density at radius 3 is 1.95 bits per heavy atom. The van der Waals surface area contributed by atoms with E-state index in [4.69, 9.17) is 0 Å². The molecule has 1 fully saturated rings. The number of hydrogen-bond donors (Lipinski definition) is 1. The van der Waals surface area contributed by atoms with Crippen molar-refractivity contribution < 1.29 is 8.42 Å². The Morgan fingerprint density at radius 1 is 1.10 bits per heavy atom. The molecule has 0 spiro atoms. The van der Waals surface area contributed by atoms with Crippen molar-refractivity contribution in [1.82, 2.24) is 9.03 Å². The first-order valence-corrected chi connectivity index (χ1v) is 10.0. The second kappa shape index (κ2) is 8.49. The van der Waals surface area contributed by atoms with E-state index < -0.39 is 10.2 Å². The number of hydrogen-bond acceptors (Lipinski definition) is 2. The third-order valence-corrected chi connectivity index (χ3v) is 6.80. The van der Waals surface area contributed by atoms with Gasteiger partial charge in [0.15, 0.2) is 0 Å². The minimum atomic E-state index is -3.24. The number of rotatable bonds is 9. The second-order valence-electron chi connectivity index (χ2n) is 6.74. The van der Waals surface area contributed by atoms with E-state index in [9.17, 15) is 8.42 Å². The molecule has 0 aliphatic carbocycles. The Kier molecular flexibility index (Phi) is 7.65. The zero-order chi connectivity index (χ0) is 15.9. The summed E-state index contributed by atoms with van der Waals surface area (Å²) >= 11 is 0. The maximum Gasteiger partial charge on any atom is 0.279 e. The molecule has 4 nitrogen and oxygen atoms in total. The van der Waals surface area contributed by atoms with Gasteiger partial charge in [0.05, 0.1) is 0 Å². The molecule has 0 unspecified atom stereocenters. The van der Waals surface area contributed by atoms with Crippen molar-refractivity contribution in [3.63, 3.8) is 0 Å². The molecule has 0 atom stereocenters. The van der Waals surface area contributed by atoms with Crippen LogP contribution < -0.4 is 4.72 Å². The molecule has 0 aromatic heterocycles. The molecule has 1 aliphatic rings. The summed E-state index contributed by atoms with van der Waals surface area (Å²) in [6.07, 6.45) is 9.64. The minimum absolute atomic E-state index is 0.390. The first-order valence-electron chi connectivity index (χ1n) is 8.58. The van der Waals surface area contributed by atoms with Crippen LogP contribution in [0.15, 0.2) is 0 Å². The molecule has 5 heteroatoms. The third kappa shape index (κ3) is 5.22. The van der Waals surface area contributed by atoms with Crippen LogP contribution in [0, 0.1) is 11.3 Å². The van der Waals surface area contributed by atoms with Gasteiger partial charge < -0.3 is 0 Å². The number of nitrogens with zero attached hydrogens (tertiary/aromatic N) is 1. The third-order valence-electron chi connectivity index (χ3n) is 5.24. The quantitative estimate of drug-likeness (QED) is 0.707. The van der Waals surface area contributed by atoms with Crippen molar-refractivity contribution in [2.24, 2.45) is 11.3 Å². The smallest absolute Gasteiger partial charge is 0.205 e. The number of piperidine rings is 1. The van der Waals surface area contributed by atoms with Gasteiger partial charge in [0.25, 0.3) is 10.2 Å². The van der Waals surface area contributed by atoms with Crippen molar-refractivity contribution >= 4 is 10.2 Å². The largest absolute Gasteiger partial charge is 0.279 e. The molecular formula is C16H34N2O2S. The molecule has 1 heterocycles. The predicted octanol–water partition coefficient (Wildman–Crippen LogP) is 3.55. The fraction of sp³-hybridized carbons (Fsp3) is 1.00. The zero-order valence-electron chi connectivity index (χ0n) is 14.3. The zero-order valence-corrected chi connectivity index (χ0v) is 15.1. The first kappa shape index (κ1) is 18.9. The van der Waals surface area contributed by atoms with Gasteiger partial charge in [0.2, 0.25) is 0 Å². The molecule has 21 heavy (non-hydrogen) atoms. The molecule has 1 N–H and O–H groups in total.